The lowest BCUT2D eigenvalue weighted by Gasteiger charge is -2.29. The lowest BCUT2D eigenvalue weighted by Crippen LogP contribution is -3.27. The number of aliphatic hydroxyl groups is 1. The fourth-order valence-corrected chi connectivity index (χ4v) is 2.48. The molecule has 0 spiro atoms. The Bertz CT molecular complexity index is 393. The minimum absolute atomic E-state index is 0.230. The van der Waals surface area contributed by atoms with Crippen molar-refractivity contribution in [3.8, 4) is 0 Å². The summed E-state index contributed by atoms with van der Waals surface area (Å²) < 4.78 is 25.9. The van der Waals surface area contributed by atoms with Crippen LogP contribution in [0.5, 0.6) is 0 Å². The van der Waals surface area contributed by atoms with Crippen LogP contribution in [0.4, 0.5) is 8.78 Å². The van der Waals surface area contributed by atoms with E-state index in [0.717, 1.165) is 44.8 Å². The van der Waals surface area contributed by atoms with Crippen molar-refractivity contribution in [2.45, 2.75) is 6.54 Å². The number of nitrogens with one attached hydrogen (secondary N) is 2. The molecular formula is C13H20F2N2O+2. The van der Waals surface area contributed by atoms with Gasteiger partial charge in [0.2, 0.25) is 0 Å². The summed E-state index contributed by atoms with van der Waals surface area (Å²) in [4.78, 5) is 2.81. The maximum atomic E-state index is 13.1. The summed E-state index contributed by atoms with van der Waals surface area (Å²) in [5.74, 6) is -1.55. The summed E-state index contributed by atoms with van der Waals surface area (Å²) in [5, 5.41) is 8.87. The maximum Gasteiger partial charge on any atom is 0.159 e. The zero-order valence-electron chi connectivity index (χ0n) is 10.4. The van der Waals surface area contributed by atoms with Crippen molar-refractivity contribution in [2.24, 2.45) is 0 Å². The van der Waals surface area contributed by atoms with Gasteiger partial charge in [-0.3, -0.25) is 0 Å². The Hall–Kier alpha value is -1.04. The van der Waals surface area contributed by atoms with Gasteiger partial charge in [-0.05, 0) is 12.1 Å². The first-order chi connectivity index (χ1) is 8.69. The monoisotopic (exact) mass is 258 g/mol. The molecule has 0 unspecified atom stereocenters. The summed E-state index contributed by atoms with van der Waals surface area (Å²) in [7, 11) is 0. The Morgan fingerprint density at radius 2 is 1.67 bits per heavy atom. The standard InChI is InChI=1S/C13H18F2N2O/c14-12-2-1-11(9-13(12)15)10-17-5-3-16(4-6-17)7-8-18/h1-2,9,18H,3-8,10H2/p+2. The number of aliphatic hydroxyl groups excluding tert-OH is 1. The SMILES string of the molecule is OCC[NH+]1CC[NH+](Cc2ccc(F)c(F)c2)CC1. The molecule has 0 amide bonds. The molecule has 1 aromatic rings. The van der Waals surface area contributed by atoms with Gasteiger partial charge in [-0.15, -0.1) is 0 Å². The van der Waals surface area contributed by atoms with Crippen LogP contribution in [0, 0.1) is 11.6 Å². The maximum absolute atomic E-state index is 13.1. The molecule has 1 saturated heterocycles. The normalized spacial score (nSPS) is 24.2. The Morgan fingerprint density at radius 1 is 1.00 bits per heavy atom. The molecule has 1 aromatic carbocycles. The van der Waals surface area contributed by atoms with Gasteiger partial charge >= 0.3 is 0 Å². The van der Waals surface area contributed by atoms with Crippen molar-refractivity contribution in [1.29, 1.82) is 0 Å². The molecule has 0 bridgehead atoms. The van der Waals surface area contributed by atoms with Crippen LogP contribution in [0.1, 0.15) is 5.56 Å². The van der Waals surface area contributed by atoms with Gasteiger partial charge in [0.1, 0.15) is 39.3 Å². The van der Waals surface area contributed by atoms with E-state index in [1.165, 1.54) is 21.9 Å². The molecule has 0 aromatic heterocycles. The fourth-order valence-electron chi connectivity index (χ4n) is 2.48. The van der Waals surface area contributed by atoms with Gasteiger partial charge in [-0.1, -0.05) is 6.07 Å². The highest BCUT2D eigenvalue weighted by Crippen LogP contribution is 2.07. The second-order valence-electron chi connectivity index (χ2n) is 4.90. The number of piperazine rings is 1. The van der Waals surface area contributed by atoms with Crippen LogP contribution in [0.3, 0.4) is 0 Å². The van der Waals surface area contributed by atoms with Crippen LogP contribution in [0.25, 0.3) is 0 Å². The molecule has 1 heterocycles. The third-order valence-corrected chi connectivity index (χ3v) is 3.57. The molecule has 0 saturated carbocycles. The second kappa shape index (κ2) is 6.22. The smallest absolute Gasteiger partial charge is 0.159 e. The minimum Gasteiger partial charge on any atom is -0.391 e. The molecule has 3 N–H and O–H groups in total. The number of hydrogen-bond donors (Lipinski definition) is 3. The second-order valence-corrected chi connectivity index (χ2v) is 4.90. The van der Waals surface area contributed by atoms with E-state index < -0.39 is 11.6 Å². The molecule has 3 nitrogen and oxygen atoms in total. The van der Waals surface area contributed by atoms with Gasteiger partial charge in [0.05, 0.1) is 6.61 Å². The van der Waals surface area contributed by atoms with Crippen molar-refractivity contribution < 1.29 is 23.7 Å². The highest BCUT2D eigenvalue weighted by Gasteiger charge is 2.22. The molecule has 1 aliphatic rings. The highest BCUT2D eigenvalue weighted by atomic mass is 19.2. The molecule has 18 heavy (non-hydrogen) atoms. The molecule has 0 aliphatic carbocycles. The zero-order valence-corrected chi connectivity index (χ0v) is 10.4. The van der Waals surface area contributed by atoms with Crippen LogP contribution in [0.2, 0.25) is 0 Å². The molecule has 0 atom stereocenters. The highest BCUT2D eigenvalue weighted by molar-refractivity contribution is 5.16. The lowest BCUT2D eigenvalue weighted by molar-refractivity contribution is -1.02. The summed E-state index contributed by atoms with van der Waals surface area (Å²) in [6.45, 7) is 5.84. The predicted molar refractivity (Wildman–Crippen MR) is 63.4 cm³/mol. The lowest BCUT2D eigenvalue weighted by atomic mass is 10.2. The fraction of sp³-hybridized carbons (Fsp3) is 0.538. The summed E-state index contributed by atoms with van der Waals surface area (Å²) in [5.41, 5.74) is 0.842. The summed E-state index contributed by atoms with van der Waals surface area (Å²) >= 11 is 0. The Labute approximate surface area is 106 Å². The van der Waals surface area contributed by atoms with Gasteiger partial charge in [0.25, 0.3) is 0 Å². The van der Waals surface area contributed by atoms with Crippen molar-refractivity contribution in [1.82, 2.24) is 0 Å². The summed E-state index contributed by atoms with van der Waals surface area (Å²) in [6.07, 6.45) is 0. The Balaban J connectivity index is 1.85. The van der Waals surface area contributed by atoms with Crippen LogP contribution >= 0.6 is 0 Å². The molecular weight excluding hydrogens is 238 g/mol. The van der Waals surface area contributed by atoms with E-state index in [2.05, 4.69) is 0 Å². The average molecular weight is 258 g/mol. The molecule has 2 rings (SSSR count). The van der Waals surface area contributed by atoms with Crippen molar-refractivity contribution >= 4 is 0 Å². The van der Waals surface area contributed by atoms with Crippen LogP contribution in [0.15, 0.2) is 18.2 Å². The largest absolute Gasteiger partial charge is 0.391 e. The first kappa shape index (κ1) is 13.4. The minimum atomic E-state index is -0.786. The topological polar surface area (TPSA) is 29.1 Å². The van der Waals surface area contributed by atoms with E-state index in [0.29, 0.717) is 0 Å². The summed E-state index contributed by atoms with van der Waals surface area (Å²) in [6, 6.07) is 4.13. The molecule has 1 fully saturated rings. The van der Waals surface area contributed by atoms with E-state index >= 15 is 0 Å². The van der Waals surface area contributed by atoms with E-state index in [1.54, 1.807) is 6.07 Å². The molecule has 1 aliphatic heterocycles. The van der Waals surface area contributed by atoms with E-state index in [-0.39, 0.29) is 6.61 Å². The van der Waals surface area contributed by atoms with Crippen LogP contribution in [-0.2, 0) is 6.54 Å². The quantitative estimate of drug-likeness (QED) is 0.587. The molecule has 0 radical (unpaired) electrons. The van der Waals surface area contributed by atoms with E-state index in [1.807, 2.05) is 0 Å². The van der Waals surface area contributed by atoms with Gasteiger partial charge in [-0.2, -0.15) is 0 Å². The van der Waals surface area contributed by atoms with Crippen molar-refractivity contribution in [3.05, 3.63) is 35.4 Å². The van der Waals surface area contributed by atoms with E-state index in [9.17, 15) is 8.78 Å². The first-order valence-corrected chi connectivity index (χ1v) is 6.41. The van der Waals surface area contributed by atoms with E-state index in [4.69, 9.17) is 5.11 Å². The third kappa shape index (κ3) is 3.48. The number of halogens is 2. The Kier molecular flexibility index (Phi) is 4.63. The first-order valence-electron chi connectivity index (χ1n) is 6.41. The van der Waals surface area contributed by atoms with Crippen LogP contribution < -0.4 is 9.80 Å². The predicted octanol–water partition coefficient (Wildman–Crippen LogP) is -1.76. The molecule has 5 heteroatoms. The van der Waals surface area contributed by atoms with Gasteiger partial charge in [0, 0.05) is 5.56 Å². The van der Waals surface area contributed by atoms with Crippen LogP contribution in [-0.4, -0.2) is 44.4 Å². The number of benzene rings is 1. The van der Waals surface area contributed by atoms with Gasteiger partial charge < -0.3 is 14.9 Å². The number of hydrogen-bond acceptors (Lipinski definition) is 1. The van der Waals surface area contributed by atoms with Gasteiger partial charge in [-0.25, -0.2) is 8.78 Å². The third-order valence-electron chi connectivity index (χ3n) is 3.57. The number of quaternary nitrogens is 2. The van der Waals surface area contributed by atoms with Gasteiger partial charge in [0.15, 0.2) is 11.6 Å². The van der Waals surface area contributed by atoms with Crippen molar-refractivity contribution in [3.63, 3.8) is 0 Å². The zero-order chi connectivity index (χ0) is 13.0. The van der Waals surface area contributed by atoms with Crippen molar-refractivity contribution in [2.75, 3.05) is 39.3 Å². The number of rotatable bonds is 4. The Morgan fingerprint density at radius 3 is 2.28 bits per heavy atom. The average Bonchev–Trinajstić information content (AvgIpc) is 2.37. The molecule has 100 valence electrons.